The second-order valence-corrected chi connectivity index (χ2v) is 7.05. The largest absolute Gasteiger partial charge is 0.497 e. The first-order valence-corrected chi connectivity index (χ1v) is 9.84. The Labute approximate surface area is 173 Å². The normalized spacial score (nSPS) is 13.0. The minimum Gasteiger partial charge on any atom is -0.497 e. The first kappa shape index (κ1) is 22.7. The Morgan fingerprint density at radius 1 is 1.07 bits per heavy atom. The third-order valence-electron chi connectivity index (χ3n) is 4.75. The van der Waals surface area contributed by atoms with E-state index in [-0.39, 0.29) is 18.6 Å². The summed E-state index contributed by atoms with van der Waals surface area (Å²) >= 11 is 0. The SMILES string of the molecule is CCOC(=O)c1ccc(OCC(O)CN(C)C(C)Cc2ccc(OC)cc2)cc1. The van der Waals surface area contributed by atoms with Gasteiger partial charge in [0.1, 0.15) is 24.2 Å². The molecule has 6 nitrogen and oxygen atoms in total. The van der Waals surface area contributed by atoms with Gasteiger partial charge in [0, 0.05) is 12.6 Å². The van der Waals surface area contributed by atoms with Gasteiger partial charge in [-0.15, -0.1) is 0 Å². The van der Waals surface area contributed by atoms with Gasteiger partial charge in [-0.05, 0) is 69.3 Å². The van der Waals surface area contributed by atoms with Crippen LogP contribution in [-0.2, 0) is 11.2 Å². The summed E-state index contributed by atoms with van der Waals surface area (Å²) in [7, 11) is 3.65. The van der Waals surface area contributed by atoms with E-state index in [1.807, 2.05) is 19.2 Å². The summed E-state index contributed by atoms with van der Waals surface area (Å²) in [6.07, 6.45) is 0.256. The molecule has 29 heavy (non-hydrogen) atoms. The molecule has 6 heteroatoms. The predicted octanol–water partition coefficient (Wildman–Crippen LogP) is 3.17. The summed E-state index contributed by atoms with van der Waals surface area (Å²) in [6, 6.07) is 15.0. The van der Waals surface area contributed by atoms with Crippen molar-refractivity contribution < 1.29 is 24.1 Å². The molecule has 2 rings (SSSR count). The molecule has 0 aromatic heterocycles. The van der Waals surface area contributed by atoms with Gasteiger partial charge in [0.2, 0.25) is 0 Å². The molecule has 0 spiro atoms. The first-order chi connectivity index (χ1) is 13.9. The third-order valence-corrected chi connectivity index (χ3v) is 4.75. The second-order valence-electron chi connectivity index (χ2n) is 7.05. The highest BCUT2D eigenvalue weighted by Crippen LogP contribution is 2.15. The van der Waals surface area contributed by atoms with E-state index in [0.717, 1.165) is 12.2 Å². The number of carbonyl (C=O) groups is 1. The molecule has 158 valence electrons. The molecular weight excluding hydrogens is 370 g/mol. The van der Waals surface area contributed by atoms with Crippen molar-refractivity contribution in [3.8, 4) is 11.5 Å². The molecule has 0 aliphatic heterocycles. The zero-order valence-corrected chi connectivity index (χ0v) is 17.6. The summed E-state index contributed by atoms with van der Waals surface area (Å²) in [5.41, 5.74) is 1.70. The van der Waals surface area contributed by atoms with Crippen LogP contribution in [0.25, 0.3) is 0 Å². The van der Waals surface area contributed by atoms with Crippen molar-refractivity contribution >= 4 is 5.97 Å². The lowest BCUT2D eigenvalue weighted by molar-refractivity contribution is 0.0525. The number of rotatable bonds is 11. The summed E-state index contributed by atoms with van der Waals surface area (Å²) in [4.78, 5) is 13.8. The topological polar surface area (TPSA) is 68.2 Å². The number of ether oxygens (including phenoxy) is 3. The van der Waals surface area contributed by atoms with Gasteiger partial charge in [-0.3, -0.25) is 0 Å². The van der Waals surface area contributed by atoms with E-state index in [1.165, 1.54) is 5.56 Å². The minimum atomic E-state index is -0.622. The number of benzene rings is 2. The fourth-order valence-electron chi connectivity index (χ4n) is 2.92. The summed E-state index contributed by atoms with van der Waals surface area (Å²) < 4.78 is 15.8. The molecule has 1 N–H and O–H groups in total. The zero-order valence-electron chi connectivity index (χ0n) is 17.6. The molecule has 0 aliphatic carbocycles. The van der Waals surface area contributed by atoms with Gasteiger partial charge in [-0.25, -0.2) is 4.79 Å². The van der Waals surface area contributed by atoms with Gasteiger partial charge in [0.25, 0.3) is 0 Å². The highest BCUT2D eigenvalue weighted by molar-refractivity contribution is 5.89. The summed E-state index contributed by atoms with van der Waals surface area (Å²) in [5.74, 6) is 1.09. The molecule has 0 aliphatic rings. The molecule has 0 saturated heterocycles. The maximum atomic E-state index is 11.7. The molecule has 2 atom stereocenters. The molecule has 0 radical (unpaired) electrons. The number of aliphatic hydroxyl groups is 1. The van der Waals surface area contributed by atoms with Crippen molar-refractivity contribution in [1.82, 2.24) is 4.90 Å². The Bertz CT molecular complexity index is 745. The van der Waals surface area contributed by atoms with E-state index in [4.69, 9.17) is 14.2 Å². The maximum Gasteiger partial charge on any atom is 0.338 e. The number of esters is 1. The van der Waals surface area contributed by atoms with Crippen LogP contribution in [0.5, 0.6) is 11.5 Å². The zero-order chi connectivity index (χ0) is 21.2. The lowest BCUT2D eigenvalue weighted by Gasteiger charge is -2.27. The summed E-state index contributed by atoms with van der Waals surface area (Å²) in [6.45, 7) is 4.92. The smallest absolute Gasteiger partial charge is 0.338 e. The molecule has 2 aromatic rings. The van der Waals surface area contributed by atoms with Gasteiger partial charge in [-0.1, -0.05) is 12.1 Å². The number of methoxy groups -OCH3 is 1. The molecule has 0 heterocycles. The second kappa shape index (κ2) is 11.4. The van der Waals surface area contributed by atoms with Gasteiger partial charge in [0.15, 0.2) is 0 Å². The average molecular weight is 402 g/mol. The Balaban J connectivity index is 1.77. The predicted molar refractivity (Wildman–Crippen MR) is 113 cm³/mol. The van der Waals surface area contributed by atoms with E-state index in [9.17, 15) is 9.90 Å². The van der Waals surface area contributed by atoms with Crippen molar-refractivity contribution in [2.24, 2.45) is 0 Å². The lowest BCUT2D eigenvalue weighted by atomic mass is 10.1. The van der Waals surface area contributed by atoms with Gasteiger partial charge in [-0.2, -0.15) is 0 Å². The minimum absolute atomic E-state index is 0.179. The number of carbonyl (C=O) groups excluding carboxylic acids is 1. The van der Waals surface area contributed by atoms with Crippen molar-refractivity contribution in [2.45, 2.75) is 32.4 Å². The van der Waals surface area contributed by atoms with E-state index in [1.54, 1.807) is 38.3 Å². The van der Waals surface area contributed by atoms with Gasteiger partial charge < -0.3 is 24.2 Å². The van der Waals surface area contributed by atoms with Crippen LogP contribution < -0.4 is 9.47 Å². The fourth-order valence-corrected chi connectivity index (χ4v) is 2.92. The molecule has 0 saturated carbocycles. The number of hydrogen-bond acceptors (Lipinski definition) is 6. The molecule has 2 aromatic carbocycles. The molecule has 2 unspecified atom stereocenters. The lowest BCUT2D eigenvalue weighted by Crippen LogP contribution is -2.39. The van der Waals surface area contributed by atoms with Crippen molar-refractivity contribution in [3.63, 3.8) is 0 Å². The van der Waals surface area contributed by atoms with Crippen LogP contribution >= 0.6 is 0 Å². The van der Waals surface area contributed by atoms with Crippen LogP contribution in [0.15, 0.2) is 48.5 Å². The first-order valence-electron chi connectivity index (χ1n) is 9.84. The van der Waals surface area contributed by atoms with Gasteiger partial charge >= 0.3 is 5.97 Å². The van der Waals surface area contributed by atoms with Crippen LogP contribution in [0, 0.1) is 0 Å². The third kappa shape index (κ3) is 7.40. The Morgan fingerprint density at radius 2 is 1.69 bits per heavy atom. The Kier molecular flexibility index (Phi) is 8.96. The molecule has 0 fully saturated rings. The van der Waals surface area contributed by atoms with Crippen molar-refractivity contribution in [2.75, 3.05) is 33.9 Å². The van der Waals surface area contributed by atoms with E-state index in [2.05, 4.69) is 24.0 Å². The monoisotopic (exact) mass is 401 g/mol. The molecule has 0 amide bonds. The molecule has 0 bridgehead atoms. The number of hydrogen-bond donors (Lipinski definition) is 1. The van der Waals surface area contributed by atoms with E-state index >= 15 is 0 Å². The Hall–Kier alpha value is -2.57. The van der Waals surface area contributed by atoms with Crippen LogP contribution in [0.2, 0.25) is 0 Å². The van der Waals surface area contributed by atoms with Crippen molar-refractivity contribution in [1.29, 1.82) is 0 Å². The molecular formula is C23H31NO5. The van der Waals surface area contributed by atoms with Crippen LogP contribution in [-0.4, -0.2) is 62.0 Å². The number of aliphatic hydroxyl groups excluding tert-OH is 1. The van der Waals surface area contributed by atoms with Crippen LogP contribution in [0.4, 0.5) is 0 Å². The summed E-state index contributed by atoms with van der Waals surface area (Å²) in [5, 5.41) is 10.3. The standard InChI is InChI=1S/C23H31NO5/c1-5-28-23(26)19-8-12-22(13-9-19)29-16-20(25)15-24(3)17(2)14-18-6-10-21(27-4)11-7-18/h6-13,17,20,25H,5,14-16H2,1-4H3. The van der Waals surface area contributed by atoms with E-state index in [0.29, 0.717) is 24.5 Å². The van der Waals surface area contributed by atoms with Crippen LogP contribution in [0.3, 0.4) is 0 Å². The van der Waals surface area contributed by atoms with E-state index < -0.39 is 6.10 Å². The quantitative estimate of drug-likeness (QED) is 0.584. The van der Waals surface area contributed by atoms with Gasteiger partial charge in [0.05, 0.1) is 19.3 Å². The fraction of sp³-hybridized carbons (Fsp3) is 0.435. The maximum absolute atomic E-state index is 11.7. The Morgan fingerprint density at radius 3 is 2.28 bits per heavy atom. The number of nitrogens with zero attached hydrogens (tertiary/aromatic N) is 1. The van der Waals surface area contributed by atoms with Crippen molar-refractivity contribution in [3.05, 3.63) is 59.7 Å². The highest BCUT2D eigenvalue weighted by atomic mass is 16.5. The highest BCUT2D eigenvalue weighted by Gasteiger charge is 2.15. The number of likely N-dealkylation sites (N-methyl/N-ethyl adjacent to an activating group) is 1. The van der Waals surface area contributed by atoms with Crippen LogP contribution in [0.1, 0.15) is 29.8 Å². The average Bonchev–Trinajstić information content (AvgIpc) is 2.73.